The molecule has 0 saturated carbocycles. The molecule has 1 N–H and O–H groups in total. The average molecular weight is 383 g/mol. The molecule has 2 heterocycles. The molecule has 2 aromatic carbocycles. The van der Waals surface area contributed by atoms with Gasteiger partial charge in [0.1, 0.15) is 6.33 Å². The first-order valence-corrected chi connectivity index (χ1v) is 9.63. The predicted octanol–water partition coefficient (Wildman–Crippen LogP) is 5.20. The lowest BCUT2D eigenvalue weighted by atomic mass is 10.1. The molecule has 0 amide bonds. The Morgan fingerprint density at radius 3 is 2.66 bits per heavy atom. The van der Waals surface area contributed by atoms with E-state index in [0.29, 0.717) is 0 Å². The Bertz CT molecular complexity index is 1290. The monoisotopic (exact) mass is 383 g/mol. The number of nitrogens with zero attached hydrogens (tertiary/aromatic N) is 4. The van der Waals surface area contributed by atoms with Crippen LogP contribution in [0, 0.1) is 6.92 Å². The maximum absolute atomic E-state index is 5.33. The van der Waals surface area contributed by atoms with E-state index in [4.69, 9.17) is 4.74 Å². The second-order valence-electron chi connectivity index (χ2n) is 7.12. The van der Waals surface area contributed by atoms with Gasteiger partial charge in [-0.05, 0) is 43.7 Å². The summed E-state index contributed by atoms with van der Waals surface area (Å²) < 4.78 is 7.47. The fraction of sp³-hybridized carbons (Fsp3) is 0.174. The Labute approximate surface area is 168 Å². The SMILES string of the molecule is COC1=CC=C(n2cnc3cc(Nc4nnc(C)c5ccccc45)ccc32)CC1. The van der Waals surface area contributed by atoms with E-state index in [1.807, 2.05) is 37.5 Å². The fourth-order valence-corrected chi connectivity index (χ4v) is 3.76. The molecule has 144 valence electrons. The largest absolute Gasteiger partial charge is 0.501 e. The van der Waals surface area contributed by atoms with Crippen LogP contribution in [0.4, 0.5) is 11.5 Å². The van der Waals surface area contributed by atoms with Crippen molar-refractivity contribution >= 4 is 39.0 Å². The molecule has 0 unspecified atom stereocenters. The molecule has 0 atom stereocenters. The molecule has 1 aliphatic rings. The van der Waals surface area contributed by atoms with Crippen molar-refractivity contribution in [1.82, 2.24) is 19.7 Å². The zero-order valence-electron chi connectivity index (χ0n) is 16.4. The van der Waals surface area contributed by atoms with Gasteiger partial charge in [0.05, 0.1) is 29.6 Å². The lowest BCUT2D eigenvalue weighted by Gasteiger charge is -2.15. The van der Waals surface area contributed by atoms with E-state index in [1.165, 1.54) is 5.70 Å². The highest BCUT2D eigenvalue weighted by Gasteiger charge is 2.12. The third kappa shape index (κ3) is 3.12. The van der Waals surface area contributed by atoms with E-state index in [2.05, 4.69) is 55.4 Å². The number of fused-ring (bicyclic) bond motifs is 2. The Kier molecular flexibility index (Phi) is 4.24. The van der Waals surface area contributed by atoms with Crippen LogP contribution in [0.3, 0.4) is 0 Å². The van der Waals surface area contributed by atoms with Gasteiger partial charge >= 0.3 is 0 Å². The number of allylic oxidation sites excluding steroid dienone is 4. The number of benzene rings is 2. The van der Waals surface area contributed by atoms with Crippen LogP contribution >= 0.6 is 0 Å². The first kappa shape index (κ1) is 17.4. The summed E-state index contributed by atoms with van der Waals surface area (Å²) in [4.78, 5) is 4.61. The van der Waals surface area contributed by atoms with Gasteiger partial charge in [0.25, 0.3) is 0 Å². The number of imidazole rings is 1. The highest BCUT2D eigenvalue weighted by Crippen LogP contribution is 2.29. The number of rotatable bonds is 4. The number of hydrogen-bond donors (Lipinski definition) is 1. The fourth-order valence-electron chi connectivity index (χ4n) is 3.76. The number of ether oxygens (including phenoxy) is 1. The zero-order valence-corrected chi connectivity index (χ0v) is 16.4. The van der Waals surface area contributed by atoms with Crippen molar-refractivity contribution in [2.45, 2.75) is 19.8 Å². The molecule has 0 saturated heterocycles. The Morgan fingerprint density at radius 1 is 1.00 bits per heavy atom. The molecule has 0 spiro atoms. The van der Waals surface area contributed by atoms with Crippen LogP contribution in [0.2, 0.25) is 0 Å². The number of nitrogens with one attached hydrogen (secondary N) is 1. The van der Waals surface area contributed by atoms with Gasteiger partial charge in [0, 0.05) is 28.6 Å². The minimum atomic E-state index is 0.747. The van der Waals surface area contributed by atoms with Gasteiger partial charge in [-0.2, -0.15) is 5.10 Å². The first-order valence-electron chi connectivity index (χ1n) is 9.63. The minimum absolute atomic E-state index is 0.747. The smallest absolute Gasteiger partial charge is 0.160 e. The summed E-state index contributed by atoms with van der Waals surface area (Å²) in [5.41, 5.74) is 5.08. The van der Waals surface area contributed by atoms with Crippen LogP contribution in [0.15, 0.2) is 66.7 Å². The maximum Gasteiger partial charge on any atom is 0.160 e. The van der Waals surface area contributed by atoms with E-state index in [9.17, 15) is 0 Å². The molecule has 5 rings (SSSR count). The standard InChI is InChI=1S/C23H21N5O/c1-15-19-5-3-4-6-20(19)23(27-26-15)25-16-7-12-22-21(13-16)24-14-28(22)17-8-10-18(29-2)11-9-17/h3-8,10,12-14H,9,11H2,1-2H3,(H,25,27). The molecule has 6 heteroatoms. The van der Waals surface area contributed by atoms with Crippen molar-refractivity contribution in [3.8, 4) is 0 Å². The van der Waals surface area contributed by atoms with E-state index in [1.54, 1.807) is 7.11 Å². The molecule has 0 bridgehead atoms. The zero-order chi connectivity index (χ0) is 19.8. The van der Waals surface area contributed by atoms with Gasteiger partial charge in [-0.1, -0.05) is 24.3 Å². The Morgan fingerprint density at radius 2 is 1.86 bits per heavy atom. The minimum Gasteiger partial charge on any atom is -0.501 e. The molecular formula is C23H21N5O. The van der Waals surface area contributed by atoms with Gasteiger partial charge in [0.15, 0.2) is 5.82 Å². The summed E-state index contributed by atoms with van der Waals surface area (Å²) in [5.74, 6) is 1.76. The van der Waals surface area contributed by atoms with Crippen molar-refractivity contribution in [3.05, 3.63) is 72.4 Å². The lowest BCUT2D eigenvalue weighted by Crippen LogP contribution is -2.01. The van der Waals surface area contributed by atoms with Gasteiger partial charge in [-0.15, -0.1) is 5.10 Å². The predicted molar refractivity (Wildman–Crippen MR) is 116 cm³/mol. The number of aryl methyl sites for hydroxylation is 1. The van der Waals surface area contributed by atoms with Gasteiger partial charge in [-0.25, -0.2) is 4.98 Å². The van der Waals surface area contributed by atoms with Gasteiger partial charge < -0.3 is 14.6 Å². The van der Waals surface area contributed by atoms with Crippen LogP contribution in [0.25, 0.3) is 27.5 Å². The van der Waals surface area contributed by atoms with Crippen molar-refractivity contribution in [2.75, 3.05) is 12.4 Å². The third-order valence-corrected chi connectivity index (χ3v) is 5.34. The molecule has 1 aliphatic carbocycles. The lowest BCUT2D eigenvalue weighted by molar-refractivity contribution is 0.277. The summed E-state index contributed by atoms with van der Waals surface area (Å²) in [5, 5.41) is 14.2. The van der Waals surface area contributed by atoms with Gasteiger partial charge in [0.2, 0.25) is 0 Å². The molecule has 0 fully saturated rings. The molecule has 2 aromatic heterocycles. The molecule has 6 nitrogen and oxygen atoms in total. The van der Waals surface area contributed by atoms with E-state index < -0.39 is 0 Å². The summed E-state index contributed by atoms with van der Waals surface area (Å²) >= 11 is 0. The van der Waals surface area contributed by atoms with Crippen LogP contribution in [0.5, 0.6) is 0 Å². The van der Waals surface area contributed by atoms with E-state index in [0.717, 1.165) is 57.6 Å². The molecule has 0 aliphatic heterocycles. The highest BCUT2D eigenvalue weighted by atomic mass is 16.5. The average Bonchev–Trinajstić information content (AvgIpc) is 3.19. The normalized spacial score (nSPS) is 14.0. The topological polar surface area (TPSA) is 64.9 Å². The van der Waals surface area contributed by atoms with Crippen LogP contribution in [0.1, 0.15) is 18.5 Å². The van der Waals surface area contributed by atoms with E-state index >= 15 is 0 Å². The first-order chi connectivity index (χ1) is 14.2. The van der Waals surface area contributed by atoms with Gasteiger partial charge in [-0.3, -0.25) is 0 Å². The number of aromatic nitrogens is 4. The van der Waals surface area contributed by atoms with Crippen molar-refractivity contribution < 1.29 is 4.74 Å². The van der Waals surface area contributed by atoms with E-state index in [-0.39, 0.29) is 0 Å². The second kappa shape index (κ2) is 7.05. The molecule has 29 heavy (non-hydrogen) atoms. The highest BCUT2D eigenvalue weighted by molar-refractivity contribution is 5.95. The molecule has 0 radical (unpaired) electrons. The van der Waals surface area contributed by atoms with Crippen LogP contribution in [-0.4, -0.2) is 26.9 Å². The van der Waals surface area contributed by atoms with Crippen molar-refractivity contribution in [3.63, 3.8) is 0 Å². The summed E-state index contributed by atoms with van der Waals surface area (Å²) in [6.07, 6.45) is 7.84. The number of hydrogen-bond acceptors (Lipinski definition) is 5. The number of anilines is 2. The number of methoxy groups -OCH3 is 1. The van der Waals surface area contributed by atoms with Crippen molar-refractivity contribution in [1.29, 1.82) is 0 Å². The third-order valence-electron chi connectivity index (χ3n) is 5.34. The van der Waals surface area contributed by atoms with Crippen LogP contribution < -0.4 is 5.32 Å². The second-order valence-corrected chi connectivity index (χ2v) is 7.12. The quantitative estimate of drug-likeness (QED) is 0.525. The summed E-state index contributed by atoms with van der Waals surface area (Å²) in [6, 6.07) is 14.3. The Balaban J connectivity index is 1.49. The maximum atomic E-state index is 5.33. The molecule has 4 aromatic rings. The summed E-state index contributed by atoms with van der Waals surface area (Å²) in [7, 11) is 1.72. The summed E-state index contributed by atoms with van der Waals surface area (Å²) in [6.45, 7) is 1.97. The Hall–Kier alpha value is -3.67. The van der Waals surface area contributed by atoms with Crippen LogP contribution in [-0.2, 0) is 4.74 Å². The molecular weight excluding hydrogens is 362 g/mol. The van der Waals surface area contributed by atoms with Crippen molar-refractivity contribution in [2.24, 2.45) is 0 Å².